The molecule has 1 aromatic rings. The van der Waals surface area contributed by atoms with E-state index in [2.05, 4.69) is 4.98 Å². The predicted octanol–water partition coefficient (Wildman–Crippen LogP) is 2.50. The van der Waals surface area contributed by atoms with Gasteiger partial charge in [-0.1, -0.05) is 0 Å². The van der Waals surface area contributed by atoms with Gasteiger partial charge in [0.1, 0.15) is 11.8 Å². The van der Waals surface area contributed by atoms with E-state index >= 15 is 0 Å². The van der Waals surface area contributed by atoms with E-state index < -0.39 is 12.1 Å². The van der Waals surface area contributed by atoms with Gasteiger partial charge in [0.15, 0.2) is 0 Å². The number of methoxy groups -OCH3 is 1. The summed E-state index contributed by atoms with van der Waals surface area (Å²) < 4.78 is 30.1. The zero-order chi connectivity index (χ0) is 10.7. The zero-order valence-corrected chi connectivity index (χ0v) is 9.25. The van der Waals surface area contributed by atoms with Crippen molar-refractivity contribution >= 4 is 22.6 Å². The molecule has 0 aromatic carbocycles. The van der Waals surface area contributed by atoms with Crippen LogP contribution < -0.4 is 4.74 Å². The van der Waals surface area contributed by atoms with E-state index in [1.807, 2.05) is 22.6 Å². The summed E-state index contributed by atoms with van der Waals surface area (Å²) in [6.45, 7) is 0. The van der Waals surface area contributed by atoms with Crippen molar-refractivity contribution in [2.24, 2.45) is 0 Å². The van der Waals surface area contributed by atoms with E-state index in [0.29, 0.717) is 3.57 Å². The number of ether oxygens (including phenoxy) is 1. The molecule has 0 aliphatic heterocycles. The van der Waals surface area contributed by atoms with E-state index in [1.165, 1.54) is 13.2 Å². The topological polar surface area (TPSA) is 45.9 Å². The highest BCUT2D eigenvalue weighted by Crippen LogP contribution is 2.27. The van der Waals surface area contributed by atoms with E-state index in [-0.39, 0.29) is 11.4 Å². The Morgan fingerprint density at radius 2 is 2.29 bits per heavy atom. The molecule has 0 bridgehead atoms. The maximum Gasteiger partial charge on any atom is 0.281 e. The first-order chi connectivity index (χ1) is 6.60. The number of nitriles is 1. The van der Waals surface area contributed by atoms with Crippen LogP contribution in [0, 0.1) is 14.9 Å². The average Bonchev–Trinajstić information content (AvgIpc) is 2.16. The molecule has 0 radical (unpaired) electrons. The highest BCUT2D eigenvalue weighted by molar-refractivity contribution is 14.1. The smallest absolute Gasteiger partial charge is 0.281 e. The van der Waals surface area contributed by atoms with E-state index in [4.69, 9.17) is 10.00 Å². The highest BCUT2D eigenvalue weighted by Gasteiger charge is 2.18. The molecule has 6 heteroatoms. The Hall–Kier alpha value is -0.970. The molecule has 0 unspecified atom stereocenters. The Balaban J connectivity index is 3.34. The summed E-state index contributed by atoms with van der Waals surface area (Å²) in [6.07, 6.45) is -2.77. The number of hydrogen-bond acceptors (Lipinski definition) is 3. The molecule has 14 heavy (non-hydrogen) atoms. The molecule has 0 amide bonds. The largest absolute Gasteiger partial charge is 0.480 e. The Labute approximate surface area is 92.8 Å². The summed E-state index contributed by atoms with van der Waals surface area (Å²) >= 11 is 1.87. The van der Waals surface area contributed by atoms with Crippen molar-refractivity contribution in [2.75, 3.05) is 7.11 Å². The van der Waals surface area contributed by atoms with Gasteiger partial charge >= 0.3 is 0 Å². The van der Waals surface area contributed by atoms with Gasteiger partial charge in [-0.25, -0.2) is 13.8 Å². The van der Waals surface area contributed by atoms with Gasteiger partial charge in [0.05, 0.1) is 16.2 Å². The summed E-state index contributed by atoms with van der Waals surface area (Å²) in [5, 5.41) is 8.59. The molecule has 0 saturated carbocycles. The van der Waals surface area contributed by atoms with Crippen molar-refractivity contribution in [3.8, 4) is 11.9 Å². The maximum absolute atomic E-state index is 12.4. The second kappa shape index (κ2) is 4.50. The van der Waals surface area contributed by atoms with Crippen LogP contribution in [0.1, 0.15) is 17.7 Å². The second-order valence-corrected chi connectivity index (χ2v) is 3.49. The molecular formula is C8H5F2IN2O. The maximum atomic E-state index is 12.4. The van der Waals surface area contributed by atoms with Gasteiger partial charge in [-0.2, -0.15) is 5.26 Å². The number of pyridine rings is 1. The van der Waals surface area contributed by atoms with Crippen LogP contribution in [-0.2, 0) is 0 Å². The third-order valence-electron chi connectivity index (χ3n) is 1.49. The molecule has 74 valence electrons. The molecule has 3 nitrogen and oxygen atoms in total. The first-order valence-electron chi connectivity index (χ1n) is 3.52. The quantitative estimate of drug-likeness (QED) is 0.789. The lowest BCUT2D eigenvalue weighted by molar-refractivity contribution is 0.144. The Morgan fingerprint density at radius 3 is 2.71 bits per heavy atom. The standard InChI is InChI=1S/C8H5F2IN2O/c1-14-8-5(11)2-4(3-12)6(13-8)7(9)10/h2,7H,1H3. The normalized spacial score (nSPS) is 10.0. The lowest BCUT2D eigenvalue weighted by atomic mass is 10.2. The number of aromatic nitrogens is 1. The molecule has 0 atom stereocenters. The highest BCUT2D eigenvalue weighted by atomic mass is 127. The summed E-state index contributed by atoms with van der Waals surface area (Å²) in [5.41, 5.74) is -0.657. The summed E-state index contributed by atoms with van der Waals surface area (Å²) in [7, 11) is 1.34. The molecule has 0 aliphatic rings. The van der Waals surface area contributed by atoms with E-state index in [0.717, 1.165) is 0 Å². The fourth-order valence-electron chi connectivity index (χ4n) is 0.884. The van der Waals surface area contributed by atoms with Gasteiger partial charge in [0.25, 0.3) is 6.43 Å². The Kier molecular flexibility index (Phi) is 3.57. The third kappa shape index (κ3) is 2.09. The minimum atomic E-state index is -2.77. The fourth-order valence-corrected chi connectivity index (χ4v) is 1.54. The van der Waals surface area contributed by atoms with Crippen molar-refractivity contribution in [2.45, 2.75) is 6.43 Å². The lowest BCUT2D eigenvalue weighted by Crippen LogP contribution is -2.00. The van der Waals surface area contributed by atoms with Crippen LogP contribution in [-0.4, -0.2) is 12.1 Å². The van der Waals surface area contributed by atoms with Gasteiger partial charge < -0.3 is 4.74 Å². The molecule has 0 N–H and O–H groups in total. The van der Waals surface area contributed by atoms with Crippen LogP contribution >= 0.6 is 22.6 Å². The van der Waals surface area contributed by atoms with Crippen molar-refractivity contribution in [1.29, 1.82) is 5.26 Å². The number of nitrogens with zero attached hydrogens (tertiary/aromatic N) is 2. The molecule has 1 aromatic heterocycles. The Morgan fingerprint density at radius 1 is 1.64 bits per heavy atom. The lowest BCUT2D eigenvalue weighted by Gasteiger charge is -2.06. The summed E-state index contributed by atoms with van der Waals surface area (Å²) in [6, 6.07) is 2.99. The van der Waals surface area contributed by atoms with Crippen LogP contribution in [0.2, 0.25) is 0 Å². The number of hydrogen-bond donors (Lipinski definition) is 0. The van der Waals surface area contributed by atoms with Crippen molar-refractivity contribution < 1.29 is 13.5 Å². The minimum Gasteiger partial charge on any atom is -0.480 e. The van der Waals surface area contributed by atoms with Gasteiger partial charge in [-0.15, -0.1) is 0 Å². The molecule has 1 rings (SSSR count). The molecule has 0 spiro atoms. The van der Waals surface area contributed by atoms with E-state index in [9.17, 15) is 8.78 Å². The summed E-state index contributed by atoms with van der Waals surface area (Å²) in [5.74, 6) is 0.111. The van der Waals surface area contributed by atoms with Crippen LogP contribution in [0.3, 0.4) is 0 Å². The third-order valence-corrected chi connectivity index (χ3v) is 2.27. The first-order valence-corrected chi connectivity index (χ1v) is 4.60. The van der Waals surface area contributed by atoms with Gasteiger partial charge in [0, 0.05) is 0 Å². The van der Waals surface area contributed by atoms with Crippen molar-refractivity contribution in [3.63, 3.8) is 0 Å². The number of alkyl halides is 2. The minimum absolute atomic E-state index is 0.111. The second-order valence-electron chi connectivity index (χ2n) is 2.32. The molecule has 0 aliphatic carbocycles. The number of rotatable bonds is 2. The molecular weight excluding hydrogens is 305 g/mol. The van der Waals surface area contributed by atoms with Crippen molar-refractivity contribution in [1.82, 2.24) is 4.98 Å². The SMILES string of the molecule is COc1nc(C(F)F)c(C#N)cc1I. The first kappa shape index (κ1) is 11.1. The monoisotopic (exact) mass is 310 g/mol. The van der Waals surface area contributed by atoms with Gasteiger partial charge in [-0.3, -0.25) is 0 Å². The Bertz CT molecular complexity index is 390. The van der Waals surface area contributed by atoms with Crippen LogP contribution in [0.15, 0.2) is 6.07 Å². The average molecular weight is 310 g/mol. The van der Waals surface area contributed by atoms with Crippen LogP contribution in [0.4, 0.5) is 8.78 Å². The van der Waals surface area contributed by atoms with Gasteiger partial charge in [-0.05, 0) is 28.7 Å². The molecule has 0 fully saturated rings. The van der Waals surface area contributed by atoms with Gasteiger partial charge in [0.2, 0.25) is 5.88 Å². The molecule has 1 heterocycles. The molecule has 0 saturated heterocycles. The van der Waals surface area contributed by atoms with Crippen molar-refractivity contribution in [3.05, 3.63) is 20.9 Å². The van der Waals surface area contributed by atoms with Crippen LogP contribution in [0.5, 0.6) is 5.88 Å². The zero-order valence-electron chi connectivity index (χ0n) is 7.09. The fraction of sp³-hybridized carbons (Fsp3) is 0.250. The summed E-state index contributed by atoms with van der Waals surface area (Å²) in [4.78, 5) is 3.56. The predicted molar refractivity (Wildman–Crippen MR) is 53.2 cm³/mol. The number of halogens is 3. The van der Waals surface area contributed by atoms with Crippen LogP contribution in [0.25, 0.3) is 0 Å². The van der Waals surface area contributed by atoms with E-state index in [1.54, 1.807) is 6.07 Å².